The Morgan fingerprint density at radius 1 is 1.25 bits per heavy atom. The topological polar surface area (TPSA) is 75.2 Å². The molecule has 0 saturated carbocycles. The molecule has 1 heterocycles. The minimum Gasteiger partial charge on any atom is -0.444 e. The van der Waals surface area contributed by atoms with Crippen molar-refractivity contribution in [3.05, 3.63) is 0 Å². The lowest BCUT2D eigenvalue weighted by atomic mass is 9.98. The van der Waals surface area contributed by atoms with E-state index in [9.17, 15) is 4.79 Å². The van der Waals surface area contributed by atoms with Gasteiger partial charge in [-0.2, -0.15) is 0 Å². The average Bonchev–Trinajstić information content (AvgIpc) is 2.59. The maximum atomic E-state index is 12.3. The molecule has 0 aliphatic carbocycles. The number of ether oxygens (including phenoxy) is 2. The molecular formula is C20H41IN4O3. The van der Waals surface area contributed by atoms with Crippen LogP contribution in [0.15, 0.2) is 4.99 Å². The van der Waals surface area contributed by atoms with E-state index in [1.54, 1.807) is 7.05 Å². The van der Waals surface area contributed by atoms with Crippen LogP contribution in [0.5, 0.6) is 0 Å². The van der Waals surface area contributed by atoms with Crippen molar-refractivity contribution in [3.8, 4) is 0 Å². The summed E-state index contributed by atoms with van der Waals surface area (Å²) in [5.74, 6) is 1.84. The van der Waals surface area contributed by atoms with E-state index in [4.69, 9.17) is 9.47 Å². The number of halogens is 1. The zero-order valence-corrected chi connectivity index (χ0v) is 20.9. The van der Waals surface area contributed by atoms with Crippen molar-refractivity contribution >= 4 is 36.0 Å². The highest BCUT2D eigenvalue weighted by atomic mass is 127. The number of hydrogen-bond donors (Lipinski definition) is 2. The smallest absolute Gasteiger partial charge is 0.410 e. The Hall–Kier alpha value is -0.770. The first kappa shape index (κ1) is 27.2. The SMILES string of the molecule is CN=C(NCCOCCC(C)C)NCC1CCCN(C(=O)OC(C)(C)C)C1.I. The van der Waals surface area contributed by atoms with Gasteiger partial charge in [-0.25, -0.2) is 4.79 Å². The minimum absolute atomic E-state index is 0. The van der Waals surface area contributed by atoms with Gasteiger partial charge in [0, 0.05) is 39.8 Å². The van der Waals surface area contributed by atoms with Gasteiger partial charge in [0.25, 0.3) is 0 Å². The highest BCUT2D eigenvalue weighted by Gasteiger charge is 2.27. The van der Waals surface area contributed by atoms with Gasteiger partial charge in [-0.3, -0.25) is 4.99 Å². The second kappa shape index (κ2) is 14.3. The van der Waals surface area contributed by atoms with Gasteiger partial charge in [-0.05, 0) is 51.9 Å². The molecule has 0 bridgehead atoms. The second-order valence-corrected chi connectivity index (χ2v) is 8.61. The van der Waals surface area contributed by atoms with E-state index in [2.05, 4.69) is 29.5 Å². The molecule has 1 fully saturated rings. The second-order valence-electron chi connectivity index (χ2n) is 8.61. The quantitative estimate of drug-likeness (QED) is 0.226. The van der Waals surface area contributed by atoms with Crippen LogP contribution in [0.3, 0.4) is 0 Å². The molecule has 28 heavy (non-hydrogen) atoms. The summed E-state index contributed by atoms with van der Waals surface area (Å²) in [6.07, 6.45) is 2.97. The number of likely N-dealkylation sites (tertiary alicyclic amines) is 1. The Balaban J connectivity index is 0.00000729. The molecule has 1 aliphatic rings. The third-order valence-electron chi connectivity index (χ3n) is 4.33. The van der Waals surface area contributed by atoms with Gasteiger partial charge in [-0.1, -0.05) is 13.8 Å². The first-order valence-electron chi connectivity index (χ1n) is 10.2. The summed E-state index contributed by atoms with van der Waals surface area (Å²) in [4.78, 5) is 18.3. The molecule has 0 aromatic rings. The fourth-order valence-electron chi connectivity index (χ4n) is 2.85. The van der Waals surface area contributed by atoms with Crippen LogP contribution in [0.2, 0.25) is 0 Å². The standard InChI is InChI=1S/C20H40N4O3.HI/c1-16(2)9-12-26-13-10-22-18(21-6)23-14-17-8-7-11-24(15-17)19(25)27-20(3,4)5;/h16-17H,7-15H2,1-6H3,(H2,21,22,23);1H. The lowest BCUT2D eigenvalue weighted by molar-refractivity contribution is 0.0168. The predicted octanol–water partition coefficient (Wildman–Crippen LogP) is 3.48. The van der Waals surface area contributed by atoms with E-state index < -0.39 is 5.60 Å². The number of nitrogens with zero attached hydrogens (tertiary/aromatic N) is 2. The van der Waals surface area contributed by atoms with Gasteiger partial charge in [0.2, 0.25) is 0 Å². The Kier molecular flexibility index (Phi) is 13.9. The van der Waals surface area contributed by atoms with Crippen molar-refractivity contribution in [2.24, 2.45) is 16.8 Å². The molecule has 1 amide bonds. The zero-order chi connectivity index (χ0) is 20.3. The summed E-state index contributed by atoms with van der Waals surface area (Å²) in [6.45, 7) is 14.6. The first-order chi connectivity index (χ1) is 12.7. The van der Waals surface area contributed by atoms with Gasteiger partial charge >= 0.3 is 6.09 Å². The Labute approximate surface area is 188 Å². The fraction of sp³-hybridized carbons (Fsp3) is 0.900. The zero-order valence-electron chi connectivity index (χ0n) is 18.5. The molecule has 0 aromatic carbocycles. The van der Waals surface area contributed by atoms with Crippen LogP contribution in [0.25, 0.3) is 0 Å². The van der Waals surface area contributed by atoms with Crippen LogP contribution in [-0.2, 0) is 9.47 Å². The van der Waals surface area contributed by atoms with E-state index in [0.29, 0.717) is 18.4 Å². The molecule has 8 heteroatoms. The van der Waals surface area contributed by atoms with Crippen molar-refractivity contribution in [1.82, 2.24) is 15.5 Å². The van der Waals surface area contributed by atoms with Gasteiger partial charge in [-0.15, -0.1) is 24.0 Å². The van der Waals surface area contributed by atoms with Crippen LogP contribution in [0, 0.1) is 11.8 Å². The summed E-state index contributed by atoms with van der Waals surface area (Å²) >= 11 is 0. The number of nitrogens with one attached hydrogen (secondary N) is 2. The molecule has 0 spiro atoms. The molecule has 2 N–H and O–H groups in total. The number of carbonyl (C=O) groups excluding carboxylic acids is 1. The van der Waals surface area contributed by atoms with Gasteiger partial charge < -0.3 is 25.0 Å². The Morgan fingerprint density at radius 3 is 2.57 bits per heavy atom. The number of piperidine rings is 1. The first-order valence-corrected chi connectivity index (χ1v) is 10.2. The number of amides is 1. The summed E-state index contributed by atoms with van der Waals surface area (Å²) in [7, 11) is 1.77. The maximum Gasteiger partial charge on any atom is 0.410 e. The third kappa shape index (κ3) is 12.6. The number of aliphatic imine (C=N–C) groups is 1. The van der Waals surface area contributed by atoms with E-state index >= 15 is 0 Å². The monoisotopic (exact) mass is 512 g/mol. The van der Waals surface area contributed by atoms with Crippen molar-refractivity contribution in [2.75, 3.05) is 46.4 Å². The van der Waals surface area contributed by atoms with E-state index in [1.165, 1.54) is 0 Å². The molecule has 1 saturated heterocycles. The van der Waals surface area contributed by atoms with Crippen molar-refractivity contribution in [3.63, 3.8) is 0 Å². The van der Waals surface area contributed by atoms with E-state index in [-0.39, 0.29) is 30.1 Å². The minimum atomic E-state index is -0.453. The summed E-state index contributed by atoms with van der Waals surface area (Å²) < 4.78 is 11.1. The maximum absolute atomic E-state index is 12.3. The molecule has 0 radical (unpaired) electrons. The summed E-state index contributed by atoms with van der Waals surface area (Å²) in [5, 5.41) is 6.63. The summed E-state index contributed by atoms with van der Waals surface area (Å²) in [6, 6.07) is 0. The van der Waals surface area contributed by atoms with E-state index in [0.717, 1.165) is 58.0 Å². The van der Waals surface area contributed by atoms with Gasteiger partial charge in [0.05, 0.1) is 6.61 Å². The number of guanidine groups is 1. The lowest BCUT2D eigenvalue weighted by Crippen LogP contribution is -2.47. The van der Waals surface area contributed by atoms with Crippen LogP contribution < -0.4 is 10.6 Å². The van der Waals surface area contributed by atoms with Crippen molar-refractivity contribution in [1.29, 1.82) is 0 Å². The van der Waals surface area contributed by atoms with Crippen LogP contribution >= 0.6 is 24.0 Å². The highest BCUT2D eigenvalue weighted by molar-refractivity contribution is 14.0. The molecule has 1 unspecified atom stereocenters. The normalized spacial score (nSPS) is 17.9. The molecule has 1 atom stereocenters. The van der Waals surface area contributed by atoms with Crippen LogP contribution in [-0.4, -0.2) is 69.0 Å². The molecule has 0 aromatic heterocycles. The fourth-order valence-corrected chi connectivity index (χ4v) is 2.85. The van der Waals surface area contributed by atoms with Crippen molar-refractivity contribution < 1.29 is 14.3 Å². The van der Waals surface area contributed by atoms with Gasteiger partial charge in [0.1, 0.15) is 5.60 Å². The highest BCUT2D eigenvalue weighted by Crippen LogP contribution is 2.18. The average molecular weight is 512 g/mol. The number of hydrogen-bond acceptors (Lipinski definition) is 4. The third-order valence-corrected chi connectivity index (χ3v) is 4.33. The molecule has 1 rings (SSSR count). The molecule has 1 aliphatic heterocycles. The largest absolute Gasteiger partial charge is 0.444 e. The van der Waals surface area contributed by atoms with Crippen LogP contribution in [0.4, 0.5) is 4.79 Å². The Morgan fingerprint density at radius 2 is 1.96 bits per heavy atom. The lowest BCUT2D eigenvalue weighted by Gasteiger charge is -2.34. The number of carbonyl (C=O) groups is 1. The molecular weight excluding hydrogens is 471 g/mol. The molecule has 7 nitrogen and oxygen atoms in total. The molecule has 166 valence electrons. The van der Waals surface area contributed by atoms with E-state index in [1.807, 2.05) is 25.7 Å². The van der Waals surface area contributed by atoms with Crippen molar-refractivity contribution in [2.45, 2.75) is 59.5 Å². The number of rotatable bonds is 8. The van der Waals surface area contributed by atoms with Crippen LogP contribution in [0.1, 0.15) is 53.9 Å². The summed E-state index contributed by atoms with van der Waals surface area (Å²) in [5.41, 5.74) is -0.453. The predicted molar refractivity (Wildman–Crippen MR) is 126 cm³/mol. The Bertz CT molecular complexity index is 467. The van der Waals surface area contributed by atoms with Gasteiger partial charge in [0.15, 0.2) is 5.96 Å².